The molecule has 0 fully saturated rings. The van der Waals surface area contributed by atoms with E-state index < -0.39 is 5.91 Å². The van der Waals surface area contributed by atoms with Crippen LogP contribution in [0.15, 0.2) is 12.1 Å². The summed E-state index contributed by atoms with van der Waals surface area (Å²) < 4.78 is 1.82. The number of aliphatic hydroxyl groups is 1. The number of nitrogens with one attached hydrogen (secondary N) is 2. The highest BCUT2D eigenvalue weighted by Gasteiger charge is 2.14. The zero-order valence-electron chi connectivity index (χ0n) is 10.8. The quantitative estimate of drug-likeness (QED) is 0.472. The summed E-state index contributed by atoms with van der Waals surface area (Å²) in [5, 5.41) is 20.7. The molecule has 2 rings (SSSR count). The third-order valence-electron chi connectivity index (χ3n) is 2.81. The van der Waals surface area contributed by atoms with Gasteiger partial charge in [0.2, 0.25) is 0 Å². The SMILES string of the molecule is Cc1cc(C)n2c(NCC(=O)NO)c(CO)nc2c1. The van der Waals surface area contributed by atoms with Gasteiger partial charge in [0, 0.05) is 5.69 Å². The van der Waals surface area contributed by atoms with Crippen LogP contribution in [0.3, 0.4) is 0 Å². The fraction of sp³-hybridized carbons (Fsp3) is 0.333. The smallest absolute Gasteiger partial charge is 0.262 e. The molecule has 0 unspecified atom stereocenters. The van der Waals surface area contributed by atoms with Crippen LogP contribution in [0.25, 0.3) is 5.65 Å². The van der Waals surface area contributed by atoms with Crippen LogP contribution in [0.5, 0.6) is 0 Å². The van der Waals surface area contributed by atoms with Gasteiger partial charge in [-0.3, -0.25) is 14.4 Å². The van der Waals surface area contributed by atoms with Crippen molar-refractivity contribution in [2.75, 3.05) is 11.9 Å². The molecule has 1 amide bonds. The van der Waals surface area contributed by atoms with Crippen LogP contribution in [0.1, 0.15) is 17.0 Å². The van der Waals surface area contributed by atoms with E-state index in [0.717, 1.165) is 11.3 Å². The number of pyridine rings is 1. The number of rotatable bonds is 4. The Morgan fingerprint density at radius 2 is 2.16 bits per heavy atom. The van der Waals surface area contributed by atoms with E-state index in [9.17, 15) is 9.90 Å². The second-order valence-corrected chi connectivity index (χ2v) is 4.32. The predicted molar refractivity (Wildman–Crippen MR) is 69.0 cm³/mol. The number of hydrogen-bond donors (Lipinski definition) is 4. The number of nitrogens with zero attached hydrogens (tertiary/aromatic N) is 2. The molecule has 0 radical (unpaired) electrons. The number of amides is 1. The maximum absolute atomic E-state index is 11.1. The first-order valence-electron chi connectivity index (χ1n) is 5.83. The molecule has 19 heavy (non-hydrogen) atoms. The maximum atomic E-state index is 11.1. The second kappa shape index (κ2) is 5.25. The minimum Gasteiger partial charge on any atom is -0.390 e. The van der Waals surface area contributed by atoms with E-state index in [-0.39, 0.29) is 13.2 Å². The number of aryl methyl sites for hydroxylation is 2. The van der Waals surface area contributed by atoms with Crippen molar-refractivity contribution in [3.63, 3.8) is 0 Å². The number of aromatic nitrogens is 2. The molecular formula is C12H16N4O3. The van der Waals surface area contributed by atoms with Gasteiger partial charge in [-0.2, -0.15) is 0 Å². The molecule has 2 aromatic heterocycles. The normalized spacial score (nSPS) is 10.7. The Bertz CT molecular complexity index is 621. The lowest BCUT2D eigenvalue weighted by atomic mass is 10.2. The van der Waals surface area contributed by atoms with E-state index in [2.05, 4.69) is 10.3 Å². The van der Waals surface area contributed by atoms with E-state index in [1.54, 1.807) is 5.48 Å². The van der Waals surface area contributed by atoms with Crippen molar-refractivity contribution in [1.29, 1.82) is 0 Å². The van der Waals surface area contributed by atoms with Gasteiger partial charge in [-0.15, -0.1) is 0 Å². The van der Waals surface area contributed by atoms with Gasteiger partial charge in [-0.05, 0) is 31.5 Å². The zero-order valence-corrected chi connectivity index (χ0v) is 10.8. The van der Waals surface area contributed by atoms with Crippen molar-refractivity contribution in [1.82, 2.24) is 14.9 Å². The van der Waals surface area contributed by atoms with Gasteiger partial charge in [0.05, 0.1) is 13.2 Å². The van der Waals surface area contributed by atoms with E-state index in [1.165, 1.54) is 0 Å². The van der Waals surface area contributed by atoms with Crippen molar-refractivity contribution >= 4 is 17.4 Å². The highest BCUT2D eigenvalue weighted by atomic mass is 16.5. The van der Waals surface area contributed by atoms with E-state index >= 15 is 0 Å². The summed E-state index contributed by atoms with van der Waals surface area (Å²) in [5.74, 6) is -0.0118. The van der Waals surface area contributed by atoms with Gasteiger partial charge in [-0.1, -0.05) is 0 Å². The Morgan fingerprint density at radius 1 is 1.42 bits per heavy atom. The number of aliphatic hydroxyl groups excluding tert-OH is 1. The Balaban J connectivity index is 2.48. The molecule has 0 spiro atoms. The maximum Gasteiger partial charge on any atom is 0.262 e. The number of carbonyl (C=O) groups excluding carboxylic acids is 1. The standard InChI is InChI=1S/C12H16N4O3/c1-7-3-8(2)16-10(4-7)14-9(6-17)12(16)13-5-11(18)15-19/h3-4,13,17,19H,5-6H2,1-2H3,(H,15,18). The summed E-state index contributed by atoms with van der Waals surface area (Å²) in [6, 6.07) is 3.87. The average molecular weight is 264 g/mol. The molecule has 0 aliphatic heterocycles. The lowest BCUT2D eigenvalue weighted by Gasteiger charge is -2.09. The summed E-state index contributed by atoms with van der Waals surface area (Å²) in [4.78, 5) is 15.4. The largest absolute Gasteiger partial charge is 0.390 e. The van der Waals surface area contributed by atoms with Gasteiger partial charge in [0.15, 0.2) is 0 Å². The van der Waals surface area contributed by atoms with Crippen molar-refractivity contribution < 1.29 is 15.1 Å². The van der Waals surface area contributed by atoms with Crippen LogP contribution < -0.4 is 10.8 Å². The lowest BCUT2D eigenvalue weighted by molar-refractivity contribution is -0.127. The average Bonchev–Trinajstić information content (AvgIpc) is 2.73. The molecule has 0 aliphatic rings. The van der Waals surface area contributed by atoms with Gasteiger partial charge >= 0.3 is 0 Å². The summed E-state index contributed by atoms with van der Waals surface area (Å²) in [6.45, 7) is 3.54. The molecule has 0 atom stereocenters. The Morgan fingerprint density at radius 3 is 2.79 bits per heavy atom. The number of anilines is 1. The van der Waals surface area contributed by atoms with Gasteiger partial charge in [-0.25, -0.2) is 10.5 Å². The number of hydroxylamine groups is 1. The second-order valence-electron chi connectivity index (χ2n) is 4.32. The monoisotopic (exact) mass is 264 g/mol. The zero-order chi connectivity index (χ0) is 14.0. The van der Waals surface area contributed by atoms with Gasteiger partial charge in [0.25, 0.3) is 5.91 Å². The summed E-state index contributed by atoms with van der Waals surface area (Å²) in [5.41, 5.74) is 4.71. The molecule has 0 aliphatic carbocycles. The summed E-state index contributed by atoms with van der Waals surface area (Å²) in [6.07, 6.45) is 0. The molecule has 0 saturated heterocycles. The predicted octanol–water partition coefficient (Wildman–Crippen LogP) is 0.361. The molecule has 0 bridgehead atoms. The van der Waals surface area contributed by atoms with Crippen molar-refractivity contribution in [2.24, 2.45) is 0 Å². The Hall–Kier alpha value is -2.12. The number of imidazole rings is 1. The van der Waals surface area contributed by atoms with Gasteiger partial charge < -0.3 is 10.4 Å². The van der Waals surface area contributed by atoms with Crippen molar-refractivity contribution in [2.45, 2.75) is 20.5 Å². The molecular weight excluding hydrogens is 248 g/mol. The first-order chi connectivity index (χ1) is 9.06. The van der Waals surface area contributed by atoms with Gasteiger partial charge in [0.1, 0.15) is 17.2 Å². The Labute approximate surface area is 109 Å². The molecule has 7 nitrogen and oxygen atoms in total. The fourth-order valence-corrected chi connectivity index (χ4v) is 2.07. The van der Waals surface area contributed by atoms with Crippen molar-refractivity contribution in [3.05, 3.63) is 29.1 Å². The van der Waals surface area contributed by atoms with Crippen LogP contribution >= 0.6 is 0 Å². The highest BCUT2D eigenvalue weighted by Crippen LogP contribution is 2.21. The molecule has 0 saturated carbocycles. The molecule has 102 valence electrons. The van der Waals surface area contributed by atoms with Crippen LogP contribution in [0.4, 0.5) is 5.82 Å². The molecule has 7 heteroatoms. The van der Waals surface area contributed by atoms with Crippen LogP contribution in [0.2, 0.25) is 0 Å². The minimum absolute atomic E-state index is 0.107. The summed E-state index contributed by atoms with van der Waals surface area (Å²) in [7, 11) is 0. The topological polar surface area (TPSA) is 98.9 Å². The molecule has 0 aromatic carbocycles. The third-order valence-corrected chi connectivity index (χ3v) is 2.81. The number of fused-ring (bicyclic) bond motifs is 1. The van der Waals surface area contributed by atoms with E-state index in [1.807, 2.05) is 30.4 Å². The number of hydrogen-bond acceptors (Lipinski definition) is 5. The van der Waals surface area contributed by atoms with Crippen LogP contribution in [0, 0.1) is 13.8 Å². The Kier molecular flexibility index (Phi) is 3.68. The summed E-state index contributed by atoms with van der Waals surface area (Å²) >= 11 is 0. The molecule has 4 N–H and O–H groups in total. The highest BCUT2D eigenvalue weighted by molar-refractivity contribution is 5.79. The first kappa shape index (κ1) is 13.3. The van der Waals surface area contributed by atoms with Crippen molar-refractivity contribution in [3.8, 4) is 0 Å². The lowest BCUT2D eigenvalue weighted by Crippen LogP contribution is -2.27. The van der Waals surface area contributed by atoms with Crippen LogP contribution in [-0.4, -0.2) is 32.2 Å². The van der Waals surface area contributed by atoms with Crippen LogP contribution in [-0.2, 0) is 11.4 Å². The molecule has 2 aromatic rings. The number of carbonyl (C=O) groups is 1. The minimum atomic E-state index is -0.566. The molecule has 2 heterocycles. The first-order valence-corrected chi connectivity index (χ1v) is 5.83. The van der Waals surface area contributed by atoms with E-state index in [4.69, 9.17) is 5.21 Å². The third kappa shape index (κ3) is 2.51. The fourth-order valence-electron chi connectivity index (χ4n) is 2.07. The van der Waals surface area contributed by atoms with E-state index in [0.29, 0.717) is 17.2 Å².